The molecular formula is C15H20N4O2S. The Balaban J connectivity index is 1.52. The minimum Gasteiger partial charge on any atom is -0.424 e. The fourth-order valence-electron chi connectivity index (χ4n) is 2.42. The molecule has 0 aliphatic carbocycles. The van der Waals surface area contributed by atoms with Crippen LogP contribution in [0.25, 0.3) is 0 Å². The van der Waals surface area contributed by atoms with Gasteiger partial charge in [0, 0.05) is 32.1 Å². The molecule has 2 aromatic heterocycles. The maximum atomic E-state index is 12.3. The monoisotopic (exact) mass is 320 g/mol. The first-order chi connectivity index (χ1) is 10.6. The average molecular weight is 320 g/mol. The molecule has 1 aliphatic heterocycles. The van der Waals surface area contributed by atoms with Crippen LogP contribution in [0.4, 0.5) is 0 Å². The number of carbonyl (C=O) groups excluding carboxylic acids is 1. The molecule has 3 heterocycles. The van der Waals surface area contributed by atoms with Crippen molar-refractivity contribution in [3.8, 4) is 0 Å². The van der Waals surface area contributed by atoms with Crippen molar-refractivity contribution < 1.29 is 9.21 Å². The van der Waals surface area contributed by atoms with Gasteiger partial charge in [0.2, 0.25) is 11.8 Å². The van der Waals surface area contributed by atoms with Gasteiger partial charge in [0.1, 0.15) is 0 Å². The van der Waals surface area contributed by atoms with Gasteiger partial charge in [-0.25, -0.2) is 0 Å². The molecular weight excluding hydrogens is 300 g/mol. The predicted octanol–water partition coefficient (Wildman–Crippen LogP) is 2.21. The smallest absolute Gasteiger partial charge is 0.264 e. The second-order valence-electron chi connectivity index (χ2n) is 5.73. The van der Waals surface area contributed by atoms with Gasteiger partial charge >= 0.3 is 0 Å². The number of hydrogen-bond acceptors (Lipinski definition) is 6. The second kappa shape index (κ2) is 6.58. The van der Waals surface area contributed by atoms with E-state index in [4.69, 9.17) is 4.42 Å². The van der Waals surface area contributed by atoms with E-state index in [1.54, 1.807) is 0 Å². The lowest BCUT2D eigenvalue weighted by atomic mass is 10.2. The highest BCUT2D eigenvalue weighted by Crippen LogP contribution is 2.16. The summed E-state index contributed by atoms with van der Waals surface area (Å²) >= 11 is 1.50. The minimum absolute atomic E-state index is 0.134. The van der Waals surface area contributed by atoms with Crippen LogP contribution in [0.2, 0.25) is 0 Å². The van der Waals surface area contributed by atoms with Crippen LogP contribution in [0.3, 0.4) is 0 Å². The van der Waals surface area contributed by atoms with E-state index >= 15 is 0 Å². The second-order valence-corrected chi connectivity index (χ2v) is 6.68. The molecule has 7 heteroatoms. The number of piperazine rings is 1. The van der Waals surface area contributed by atoms with E-state index in [9.17, 15) is 4.79 Å². The first-order valence-corrected chi connectivity index (χ1v) is 8.39. The molecule has 1 fully saturated rings. The summed E-state index contributed by atoms with van der Waals surface area (Å²) in [5.41, 5.74) is 0. The van der Waals surface area contributed by atoms with Crippen molar-refractivity contribution in [2.45, 2.75) is 26.3 Å². The molecule has 22 heavy (non-hydrogen) atoms. The van der Waals surface area contributed by atoms with Crippen LogP contribution in [0.1, 0.15) is 41.2 Å². The van der Waals surface area contributed by atoms with E-state index in [-0.39, 0.29) is 11.8 Å². The molecule has 0 bridgehead atoms. The van der Waals surface area contributed by atoms with Gasteiger partial charge in [0.25, 0.3) is 5.91 Å². The van der Waals surface area contributed by atoms with E-state index in [0.29, 0.717) is 18.3 Å². The lowest BCUT2D eigenvalue weighted by Gasteiger charge is -2.33. The minimum atomic E-state index is 0.134. The van der Waals surface area contributed by atoms with Crippen LogP contribution in [0, 0.1) is 0 Å². The molecule has 1 saturated heterocycles. The Morgan fingerprint density at radius 2 is 2.09 bits per heavy atom. The van der Waals surface area contributed by atoms with Crippen molar-refractivity contribution in [3.05, 3.63) is 34.2 Å². The Morgan fingerprint density at radius 3 is 2.68 bits per heavy atom. The highest BCUT2D eigenvalue weighted by molar-refractivity contribution is 7.12. The molecule has 2 aromatic rings. The molecule has 0 saturated carbocycles. The summed E-state index contributed by atoms with van der Waals surface area (Å²) in [5.74, 6) is 1.72. The van der Waals surface area contributed by atoms with Crippen molar-refractivity contribution in [2.24, 2.45) is 0 Å². The normalized spacial score (nSPS) is 16.4. The maximum Gasteiger partial charge on any atom is 0.264 e. The molecule has 1 amide bonds. The van der Waals surface area contributed by atoms with Gasteiger partial charge in [-0.3, -0.25) is 9.69 Å². The summed E-state index contributed by atoms with van der Waals surface area (Å²) in [6.45, 7) is 7.86. The highest BCUT2D eigenvalue weighted by Gasteiger charge is 2.23. The van der Waals surface area contributed by atoms with Gasteiger partial charge in [0.05, 0.1) is 11.4 Å². The lowest BCUT2D eigenvalue weighted by Crippen LogP contribution is -2.48. The molecule has 0 atom stereocenters. The van der Waals surface area contributed by atoms with Crippen LogP contribution < -0.4 is 0 Å². The largest absolute Gasteiger partial charge is 0.424 e. The summed E-state index contributed by atoms with van der Waals surface area (Å²) in [6, 6.07) is 3.79. The Hall–Kier alpha value is -1.73. The zero-order chi connectivity index (χ0) is 15.5. The van der Waals surface area contributed by atoms with Crippen LogP contribution in [-0.4, -0.2) is 52.1 Å². The molecule has 1 aliphatic rings. The topological polar surface area (TPSA) is 62.5 Å². The number of carbonyl (C=O) groups is 1. The van der Waals surface area contributed by atoms with Crippen LogP contribution >= 0.6 is 11.3 Å². The SMILES string of the molecule is CC(C)c1nnc(CN2CCN(C(=O)c3cccs3)CC2)o1. The number of nitrogens with zero attached hydrogens (tertiary/aromatic N) is 4. The third kappa shape index (κ3) is 3.36. The molecule has 0 N–H and O–H groups in total. The van der Waals surface area contributed by atoms with Gasteiger partial charge in [-0.15, -0.1) is 21.5 Å². The summed E-state index contributed by atoms with van der Waals surface area (Å²) in [7, 11) is 0. The van der Waals surface area contributed by atoms with Gasteiger partial charge in [-0.1, -0.05) is 19.9 Å². The zero-order valence-corrected chi connectivity index (χ0v) is 13.7. The summed E-state index contributed by atoms with van der Waals surface area (Å²) in [4.78, 5) is 17.3. The molecule has 0 aromatic carbocycles. The van der Waals surface area contributed by atoms with Gasteiger partial charge in [-0.2, -0.15) is 0 Å². The van der Waals surface area contributed by atoms with E-state index in [1.165, 1.54) is 11.3 Å². The van der Waals surface area contributed by atoms with Crippen LogP contribution in [-0.2, 0) is 6.54 Å². The number of amides is 1. The molecule has 0 radical (unpaired) electrons. The third-order valence-electron chi connectivity index (χ3n) is 3.73. The van der Waals surface area contributed by atoms with Crippen molar-refractivity contribution in [1.82, 2.24) is 20.0 Å². The van der Waals surface area contributed by atoms with E-state index in [1.807, 2.05) is 36.3 Å². The molecule has 118 valence electrons. The lowest BCUT2D eigenvalue weighted by molar-refractivity contribution is 0.0622. The van der Waals surface area contributed by atoms with Crippen molar-refractivity contribution >= 4 is 17.2 Å². The Kier molecular flexibility index (Phi) is 4.54. The first-order valence-electron chi connectivity index (χ1n) is 7.51. The molecule has 0 unspecified atom stereocenters. The highest BCUT2D eigenvalue weighted by atomic mass is 32.1. The quantitative estimate of drug-likeness (QED) is 0.864. The van der Waals surface area contributed by atoms with E-state index in [0.717, 1.165) is 31.1 Å². The summed E-state index contributed by atoms with van der Waals surface area (Å²) < 4.78 is 5.64. The van der Waals surface area contributed by atoms with Gasteiger partial charge in [0.15, 0.2) is 0 Å². The Morgan fingerprint density at radius 1 is 1.32 bits per heavy atom. The molecule has 6 nitrogen and oxygen atoms in total. The van der Waals surface area contributed by atoms with E-state index < -0.39 is 0 Å². The van der Waals surface area contributed by atoms with Crippen LogP contribution in [0.15, 0.2) is 21.9 Å². The first kappa shape index (κ1) is 15.2. The van der Waals surface area contributed by atoms with Gasteiger partial charge < -0.3 is 9.32 Å². The van der Waals surface area contributed by atoms with Crippen molar-refractivity contribution in [1.29, 1.82) is 0 Å². The summed E-state index contributed by atoms with van der Waals surface area (Å²) in [6.07, 6.45) is 0. The average Bonchev–Trinajstić information content (AvgIpc) is 3.19. The van der Waals surface area contributed by atoms with Crippen molar-refractivity contribution in [2.75, 3.05) is 26.2 Å². The third-order valence-corrected chi connectivity index (χ3v) is 4.58. The number of hydrogen-bond donors (Lipinski definition) is 0. The Labute approximate surface area is 133 Å². The predicted molar refractivity (Wildman–Crippen MR) is 83.9 cm³/mol. The number of aromatic nitrogens is 2. The van der Waals surface area contributed by atoms with E-state index in [2.05, 4.69) is 15.1 Å². The fraction of sp³-hybridized carbons (Fsp3) is 0.533. The van der Waals surface area contributed by atoms with Crippen LogP contribution in [0.5, 0.6) is 0 Å². The maximum absolute atomic E-state index is 12.3. The number of rotatable bonds is 4. The molecule has 0 spiro atoms. The van der Waals surface area contributed by atoms with Gasteiger partial charge in [-0.05, 0) is 11.4 Å². The summed E-state index contributed by atoms with van der Waals surface area (Å²) in [5, 5.41) is 10.1. The molecule has 3 rings (SSSR count). The standard InChI is InChI=1S/C15H20N4O2S/c1-11(2)14-17-16-13(21-14)10-18-5-7-19(8-6-18)15(20)12-4-3-9-22-12/h3-4,9,11H,5-8,10H2,1-2H3. The zero-order valence-electron chi connectivity index (χ0n) is 12.9. The number of thiophene rings is 1. The fourth-order valence-corrected chi connectivity index (χ4v) is 3.11. The Bertz CT molecular complexity index is 615. The van der Waals surface area contributed by atoms with Crippen molar-refractivity contribution in [3.63, 3.8) is 0 Å².